The van der Waals surface area contributed by atoms with Crippen LogP contribution in [0.5, 0.6) is 0 Å². The number of pyridine rings is 1. The lowest BCUT2D eigenvalue weighted by Crippen LogP contribution is -1.86. The molecule has 2 heterocycles. The monoisotopic (exact) mass is 216 g/mol. The van der Waals surface area contributed by atoms with Gasteiger partial charge in [-0.25, -0.2) is 4.98 Å². The van der Waals surface area contributed by atoms with Gasteiger partial charge in [-0.2, -0.15) is 5.26 Å². The minimum Gasteiger partial charge on any atom is -0.365 e. The summed E-state index contributed by atoms with van der Waals surface area (Å²) >= 11 is 1.34. The Balaban J connectivity index is 2.53. The number of aromatic nitrogens is 2. The molecule has 0 saturated carbocycles. The standard InChI is InChI=1S/C10H8N4S/c1-12-10-14-9(8(5-11)15-10)7-3-2-4-13-6-7/h2-4,6H,1H3,(H,12,14). The van der Waals surface area contributed by atoms with Crippen molar-refractivity contribution in [1.82, 2.24) is 9.97 Å². The minimum atomic E-state index is 0.604. The summed E-state index contributed by atoms with van der Waals surface area (Å²) in [5.74, 6) is 0. The molecule has 74 valence electrons. The van der Waals surface area contributed by atoms with E-state index in [1.807, 2.05) is 12.1 Å². The highest BCUT2D eigenvalue weighted by atomic mass is 32.1. The molecule has 5 heteroatoms. The quantitative estimate of drug-likeness (QED) is 0.835. The first-order chi connectivity index (χ1) is 7.35. The van der Waals surface area contributed by atoms with Crippen LogP contribution in [0, 0.1) is 11.3 Å². The fourth-order valence-electron chi connectivity index (χ4n) is 1.20. The highest BCUT2D eigenvalue weighted by Gasteiger charge is 2.11. The summed E-state index contributed by atoms with van der Waals surface area (Å²) in [7, 11) is 1.78. The molecular weight excluding hydrogens is 208 g/mol. The Morgan fingerprint density at radius 3 is 3.00 bits per heavy atom. The summed E-state index contributed by atoms with van der Waals surface area (Å²) in [6.07, 6.45) is 3.40. The normalized spacial score (nSPS) is 9.60. The zero-order valence-electron chi connectivity index (χ0n) is 8.06. The number of hydrogen-bond donors (Lipinski definition) is 1. The third kappa shape index (κ3) is 1.80. The Labute approximate surface area is 91.2 Å². The molecule has 15 heavy (non-hydrogen) atoms. The molecule has 2 aromatic rings. The Bertz CT molecular complexity index is 498. The molecular formula is C10H8N4S. The summed E-state index contributed by atoms with van der Waals surface area (Å²) in [5, 5.41) is 12.6. The number of rotatable bonds is 2. The molecule has 0 aromatic carbocycles. The molecule has 0 aliphatic heterocycles. The molecule has 0 atom stereocenters. The van der Waals surface area contributed by atoms with Gasteiger partial charge in [-0.3, -0.25) is 4.98 Å². The van der Waals surface area contributed by atoms with Crippen molar-refractivity contribution in [2.24, 2.45) is 0 Å². The van der Waals surface area contributed by atoms with E-state index in [1.54, 1.807) is 19.4 Å². The van der Waals surface area contributed by atoms with Crippen LogP contribution in [0.1, 0.15) is 4.88 Å². The second-order valence-corrected chi connectivity index (χ2v) is 3.80. The van der Waals surface area contributed by atoms with E-state index in [0.29, 0.717) is 10.6 Å². The van der Waals surface area contributed by atoms with Crippen LogP contribution in [0.4, 0.5) is 5.13 Å². The zero-order valence-corrected chi connectivity index (χ0v) is 8.88. The summed E-state index contributed by atoms with van der Waals surface area (Å²) in [6.45, 7) is 0. The number of hydrogen-bond acceptors (Lipinski definition) is 5. The van der Waals surface area contributed by atoms with Gasteiger partial charge in [-0.05, 0) is 12.1 Å². The van der Waals surface area contributed by atoms with Crippen LogP contribution in [-0.4, -0.2) is 17.0 Å². The van der Waals surface area contributed by atoms with E-state index in [9.17, 15) is 0 Å². The van der Waals surface area contributed by atoms with Gasteiger partial charge in [0.25, 0.3) is 0 Å². The summed E-state index contributed by atoms with van der Waals surface area (Å²) < 4.78 is 0. The van der Waals surface area contributed by atoms with Crippen LogP contribution < -0.4 is 5.32 Å². The van der Waals surface area contributed by atoms with E-state index in [2.05, 4.69) is 21.4 Å². The smallest absolute Gasteiger partial charge is 0.184 e. The van der Waals surface area contributed by atoms with Crippen molar-refractivity contribution < 1.29 is 0 Å². The van der Waals surface area contributed by atoms with Crippen LogP contribution >= 0.6 is 11.3 Å². The lowest BCUT2D eigenvalue weighted by atomic mass is 10.2. The van der Waals surface area contributed by atoms with Gasteiger partial charge in [0.1, 0.15) is 16.6 Å². The van der Waals surface area contributed by atoms with Crippen molar-refractivity contribution in [1.29, 1.82) is 5.26 Å². The van der Waals surface area contributed by atoms with Crippen molar-refractivity contribution >= 4 is 16.5 Å². The van der Waals surface area contributed by atoms with Crippen LogP contribution in [-0.2, 0) is 0 Å². The van der Waals surface area contributed by atoms with Gasteiger partial charge in [0, 0.05) is 25.0 Å². The molecule has 1 N–H and O–H groups in total. The summed E-state index contributed by atoms with van der Waals surface area (Å²) in [4.78, 5) is 8.93. The van der Waals surface area contributed by atoms with E-state index in [0.717, 1.165) is 10.7 Å². The zero-order chi connectivity index (χ0) is 10.7. The Morgan fingerprint density at radius 1 is 1.53 bits per heavy atom. The Morgan fingerprint density at radius 2 is 2.40 bits per heavy atom. The fourth-order valence-corrected chi connectivity index (χ4v) is 1.94. The average Bonchev–Trinajstić information content (AvgIpc) is 2.73. The highest BCUT2D eigenvalue weighted by molar-refractivity contribution is 7.16. The van der Waals surface area contributed by atoms with Crippen molar-refractivity contribution in [3.8, 4) is 17.3 Å². The molecule has 0 aliphatic carbocycles. The maximum atomic E-state index is 8.96. The third-order valence-electron chi connectivity index (χ3n) is 1.88. The highest BCUT2D eigenvalue weighted by Crippen LogP contribution is 2.29. The predicted octanol–water partition coefficient (Wildman–Crippen LogP) is 2.12. The average molecular weight is 216 g/mol. The molecule has 0 aliphatic rings. The SMILES string of the molecule is CNc1nc(-c2cccnc2)c(C#N)s1. The van der Waals surface area contributed by atoms with Crippen molar-refractivity contribution in [2.45, 2.75) is 0 Å². The lowest BCUT2D eigenvalue weighted by molar-refractivity contribution is 1.29. The number of anilines is 1. The molecule has 0 amide bonds. The van der Waals surface area contributed by atoms with Crippen LogP contribution in [0.2, 0.25) is 0 Å². The maximum Gasteiger partial charge on any atom is 0.184 e. The molecule has 2 aromatic heterocycles. The van der Waals surface area contributed by atoms with E-state index in [1.165, 1.54) is 11.3 Å². The first kappa shape index (κ1) is 9.62. The maximum absolute atomic E-state index is 8.96. The number of nitrogens with one attached hydrogen (secondary N) is 1. The van der Waals surface area contributed by atoms with Crippen molar-refractivity contribution in [3.63, 3.8) is 0 Å². The second kappa shape index (κ2) is 4.07. The molecule has 4 nitrogen and oxygen atoms in total. The third-order valence-corrected chi connectivity index (χ3v) is 2.86. The van der Waals surface area contributed by atoms with Crippen molar-refractivity contribution in [3.05, 3.63) is 29.4 Å². The molecule has 0 unspecified atom stereocenters. The molecule has 0 fully saturated rings. The predicted molar refractivity (Wildman–Crippen MR) is 59.6 cm³/mol. The van der Waals surface area contributed by atoms with Gasteiger partial charge < -0.3 is 5.32 Å². The number of thiazole rings is 1. The van der Waals surface area contributed by atoms with E-state index in [-0.39, 0.29) is 0 Å². The van der Waals surface area contributed by atoms with Gasteiger partial charge in [0.05, 0.1) is 0 Å². The van der Waals surface area contributed by atoms with Crippen LogP contribution in [0.3, 0.4) is 0 Å². The van der Waals surface area contributed by atoms with Gasteiger partial charge >= 0.3 is 0 Å². The van der Waals surface area contributed by atoms with E-state index < -0.39 is 0 Å². The molecule has 0 spiro atoms. The summed E-state index contributed by atoms with van der Waals surface area (Å²) in [6, 6.07) is 5.86. The van der Waals surface area contributed by atoms with Gasteiger partial charge in [-0.1, -0.05) is 11.3 Å². The Kier molecular flexibility index (Phi) is 2.61. The summed E-state index contributed by atoms with van der Waals surface area (Å²) in [5.41, 5.74) is 1.56. The van der Waals surface area contributed by atoms with E-state index >= 15 is 0 Å². The lowest BCUT2D eigenvalue weighted by Gasteiger charge is -1.94. The van der Waals surface area contributed by atoms with Gasteiger partial charge in [0.15, 0.2) is 5.13 Å². The van der Waals surface area contributed by atoms with Gasteiger partial charge in [-0.15, -0.1) is 0 Å². The molecule has 0 bridgehead atoms. The fraction of sp³-hybridized carbons (Fsp3) is 0.100. The first-order valence-corrected chi connectivity index (χ1v) is 5.16. The van der Waals surface area contributed by atoms with Crippen LogP contribution in [0.25, 0.3) is 11.3 Å². The second-order valence-electron chi connectivity index (χ2n) is 2.80. The first-order valence-electron chi connectivity index (χ1n) is 4.34. The van der Waals surface area contributed by atoms with Crippen LogP contribution in [0.15, 0.2) is 24.5 Å². The number of nitriles is 1. The molecule has 0 radical (unpaired) electrons. The van der Waals surface area contributed by atoms with E-state index in [4.69, 9.17) is 5.26 Å². The topological polar surface area (TPSA) is 61.6 Å². The molecule has 0 saturated heterocycles. The minimum absolute atomic E-state index is 0.604. The molecule has 2 rings (SSSR count). The number of nitrogens with zero attached hydrogens (tertiary/aromatic N) is 3. The largest absolute Gasteiger partial charge is 0.365 e. The van der Waals surface area contributed by atoms with Gasteiger partial charge in [0.2, 0.25) is 0 Å². The Hall–Kier alpha value is -1.93. The van der Waals surface area contributed by atoms with Crippen molar-refractivity contribution in [2.75, 3.05) is 12.4 Å².